The Balaban J connectivity index is 3.09. The minimum Gasteiger partial charge on any atom is -0.294 e. The molecule has 0 spiro atoms. The molecule has 70 valence electrons. The molecule has 0 saturated carbocycles. The molecule has 0 aromatic carbocycles. The van der Waals surface area contributed by atoms with Crippen molar-refractivity contribution in [3.05, 3.63) is 29.1 Å². The Bertz CT molecular complexity index is 329. The van der Waals surface area contributed by atoms with Crippen molar-refractivity contribution in [1.29, 1.82) is 0 Å². The number of ketones is 1. The zero-order chi connectivity index (χ0) is 10.0. The fourth-order valence-electron chi connectivity index (χ4n) is 1.26. The maximum absolute atomic E-state index is 11.6. The summed E-state index contributed by atoms with van der Waals surface area (Å²) in [6.45, 7) is 7.61. The zero-order valence-electron chi connectivity index (χ0n) is 8.59. The molecular formula is C11H15NO. The standard InChI is InChI=1S/C11H15NO/c1-7(2)11(13)10-6-5-8(3)12-9(10)4/h5-7H,1-4H3. The Kier molecular flexibility index (Phi) is 2.81. The van der Waals surface area contributed by atoms with E-state index in [4.69, 9.17) is 0 Å². The first-order chi connectivity index (χ1) is 6.02. The van der Waals surface area contributed by atoms with Gasteiger partial charge in [-0.3, -0.25) is 9.78 Å². The van der Waals surface area contributed by atoms with Gasteiger partial charge in [0.2, 0.25) is 0 Å². The lowest BCUT2D eigenvalue weighted by Gasteiger charge is -2.07. The molecule has 1 rings (SSSR count). The van der Waals surface area contributed by atoms with Crippen molar-refractivity contribution in [2.45, 2.75) is 27.7 Å². The average molecular weight is 177 g/mol. The van der Waals surface area contributed by atoms with Gasteiger partial charge < -0.3 is 0 Å². The predicted octanol–water partition coefficient (Wildman–Crippen LogP) is 2.54. The van der Waals surface area contributed by atoms with E-state index in [9.17, 15) is 4.79 Å². The normalized spacial score (nSPS) is 10.5. The second-order valence-corrected chi connectivity index (χ2v) is 3.60. The van der Waals surface area contributed by atoms with Gasteiger partial charge in [-0.25, -0.2) is 0 Å². The minimum absolute atomic E-state index is 0.0446. The number of aryl methyl sites for hydroxylation is 2. The number of pyridine rings is 1. The lowest BCUT2D eigenvalue weighted by atomic mass is 10.00. The molecule has 0 N–H and O–H groups in total. The van der Waals surface area contributed by atoms with Crippen LogP contribution in [0.5, 0.6) is 0 Å². The monoisotopic (exact) mass is 177 g/mol. The molecule has 0 aliphatic heterocycles. The highest BCUT2D eigenvalue weighted by Crippen LogP contribution is 2.11. The molecule has 13 heavy (non-hydrogen) atoms. The van der Waals surface area contributed by atoms with E-state index >= 15 is 0 Å². The molecule has 0 bridgehead atoms. The number of carbonyl (C=O) groups excluding carboxylic acids is 1. The Morgan fingerprint density at radius 2 is 1.92 bits per heavy atom. The number of Topliss-reactive ketones (excluding diaryl/α,β-unsaturated/α-hetero) is 1. The highest BCUT2D eigenvalue weighted by molar-refractivity contribution is 5.98. The van der Waals surface area contributed by atoms with Crippen molar-refractivity contribution in [3.8, 4) is 0 Å². The largest absolute Gasteiger partial charge is 0.294 e. The van der Waals surface area contributed by atoms with Gasteiger partial charge in [0.25, 0.3) is 0 Å². The van der Waals surface area contributed by atoms with Gasteiger partial charge in [-0.1, -0.05) is 13.8 Å². The summed E-state index contributed by atoms with van der Waals surface area (Å²) in [7, 11) is 0. The summed E-state index contributed by atoms with van der Waals surface area (Å²) in [5.41, 5.74) is 2.54. The van der Waals surface area contributed by atoms with Gasteiger partial charge in [-0.15, -0.1) is 0 Å². The molecule has 0 amide bonds. The van der Waals surface area contributed by atoms with E-state index in [0.717, 1.165) is 17.0 Å². The van der Waals surface area contributed by atoms with E-state index in [-0.39, 0.29) is 11.7 Å². The third kappa shape index (κ3) is 2.14. The van der Waals surface area contributed by atoms with Crippen LogP contribution in [0, 0.1) is 19.8 Å². The molecule has 0 radical (unpaired) electrons. The molecule has 1 aromatic heterocycles. The van der Waals surface area contributed by atoms with Gasteiger partial charge in [0.15, 0.2) is 5.78 Å². The van der Waals surface area contributed by atoms with Crippen LogP contribution in [0.3, 0.4) is 0 Å². The molecule has 2 heteroatoms. The van der Waals surface area contributed by atoms with Gasteiger partial charge >= 0.3 is 0 Å². The highest BCUT2D eigenvalue weighted by atomic mass is 16.1. The van der Waals surface area contributed by atoms with E-state index in [1.165, 1.54) is 0 Å². The summed E-state index contributed by atoms with van der Waals surface area (Å²) >= 11 is 0. The van der Waals surface area contributed by atoms with Gasteiger partial charge in [-0.05, 0) is 26.0 Å². The smallest absolute Gasteiger partial charge is 0.167 e. The van der Waals surface area contributed by atoms with Crippen LogP contribution in [0.1, 0.15) is 35.6 Å². The van der Waals surface area contributed by atoms with E-state index in [1.807, 2.05) is 39.8 Å². The van der Waals surface area contributed by atoms with E-state index in [0.29, 0.717) is 0 Å². The molecule has 0 aliphatic rings. The number of aromatic nitrogens is 1. The summed E-state index contributed by atoms with van der Waals surface area (Å²) < 4.78 is 0. The quantitative estimate of drug-likeness (QED) is 0.650. The van der Waals surface area contributed by atoms with Crippen molar-refractivity contribution in [1.82, 2.24) is 4.98 Å². The second-order valence-electron chi connectivity index (χ2n) is 3.60. The maximum atomic E-state index is 11.6. The van der Waals surface area contributed by atoms with E-state index < -0.39 is 0 Å². The molecule has 0 aliphatic carbocycles. The van der Waals surface area contributed by atoms with Crippen molar-refractivity contribution >= 4 is 5.78 Å². The van der Waals surface area contributed by atoms with Crippen LogP contribution in [-0.4, -0.2) is 10.8 Å². The summed E-state index contributed by atoms with van der Waals surface area (Å²) in [5.74, 6) is 0.216. The van der Waals surface area contributed by atoms with Crippen molar-refractivity contribution in [2.75, 3.05) is 0 Å². The van der Waals surface area contributed by atoms with Gasteiger partial charge in [0.05, 0.1) is 0 Å². The first-order valence-corrected chi connectivity index (χ1v) is 4.51. The third-order valence-electron chi connectivity index (χ3n) is 2.01. The van der Waals surface area contributed by atoms with E-state index in [1.54, 1.807) is 0 Å². The second kappa shape index (κ2) is 3.69. The Hall–Kier alpha value is -1.18. The first kappa shape index (κ1) is 9.90. The highest BCUT2D eigenvalue weighted by Gasteiger charge is 2.13. The molecule has 0 atom stereocenters. The molecular weight excluding hydrogens is 162 g/mol. The Morgan fingerprint density at radius 3 is 2.38 bits per heavy atom. The summed E-state index contributed by atoms with van der Waals surface area (Å²) in [6, 6.07) is 3.74. The van der Waals surface area contributed by atoms with Crippen LogP contribution in [0.4, 0.5) is 0 Å². The number of nitrogens with zero attached hydrogens (tertiary/aromatic N) is 1. The molecule has 1 heterocycles. The number of hydrogen-bond acceptors (Lipinski definition) is 2. The molecule has 0 unspecified atom stereocenters. The minimum atomic E-state index is 0.0446. The molecule has 2 nitrogen and oxygen atoms in total. The molecule has 1 aromatic rings. The van der Waals surface area contributed by atoms with Gasteiger partial charge in [0, 0.05) is 22.9 Å². The number of carbonyl (C=O) groups is 1. The van der Waals surface area contributed by atoms with Crippen molar-refractivity contribution in [3.63, 3.8) is 0 Å². The van der Waals surface area contributed by atoms with Crippen LogP contribution in [0.25, 0.3) is 0 Å². The number of rotatable bonds is 2. The fraction of sp³-hybridized carbons (Fsp3) is 0.455. The van der Waals surface area contributed by atoms with Gasteiger partial charge in [0.1, 0.15) is 0 Å². The maximum Gasteiger partial charge on any atom is 0.167 e. The van der Waals surface area contributed by atoms with Crippen LogP contribution in [0.15, 0.2) is 12.1 Å². The summed E-state index contributed by atoms with van der Waals surface area (Å²) in [4.78, 5) is 15.9. The van der Waals surface area contributed by atoms with Crippen LogP contribution in [-0.2, 0) is 0 Å². The van der Waals surface area contributed by atoms with Crippen LogP contribution in [0.2, 0.25) is 0 Å². The topological polar surface area (TPSA) is 30.0 Å². The Labute approximate surface area is 79.0 Å². The van der Waals surface area contributed by atoms with Crippen molar-refractivity contribution < 1.29 is 4.79 Å². The first-order valence-electron chi connectivity index (χ1n) is 4.51. The van der Waals surface area contributed by atoms with Crippen LogP contribution >= 0.6 is 0 Å². The van der Waals surface area contributed by atoms with Crippen molar-refractivity contribution in [2.24, 2.45) is 5.92 Å². The average Bonchev–Trinajstić information content (AvgIpc) is 2.03. The lowest BCUT2D eigenvalue weighted by Crippen LogP contribution is -2.10. The Morgan fingerprint density at radius 1 is 1.31 bits per heavy atom. The van der Waals surface area contributed by atoms with Gasteiger partial charge in [-0.2, -0.15) is 0 Å². The predicted molar refractivity (Wildman–Crippen MR) is 52.9 cm³/mol. The third-order valence-corrected chi connectivity index (χ3v) is 2.01. The van der Waals surface area contributed by atoms with E-state index in [2.05, 4.69) is 4.98 Å². The zero-order valence-corrected chi connectivity index (χ0v) is 8.59. The molecule has 0 fully saturated rings. The fourth-order valence-corrected chi connectivity index (χ4v) is 1.26. The lowest BCUT2D eigenvalue weighted by molar-refractivity contribution is 0.0938. The number of hydrogen-bond donors (Lipinski definition) is 0. The summed E-state index contributed by atoms with van der Waals surface area (Å²) in [5, 5.41) is 0. The molecule has 0 saturated heterocycles. The summed E-state index contributed by atoms with van der Waals surface area (Å²) in [6.07, 6.45) is 0. The SMILES string of the molecule is Cc1ccc(C(=O)C(C)C)c(C)n1. The van der Waals surface area contributed by atoms with Crippen LogP contribution < -0.4 is 0 Å².